The third kappa shape index (κ3) is 2.81. The Morgan fingerprint density at radius 3 is 2.62 bits per heavy atom. The Kier molecular flexibility index (Phi) is 4.03. The molecule has 2 unspecified atom stereocenters. The van der Waals surface area contributed by atoms with Crippen LogP contribution in [0.2, 0.25) is 0 Å². The van der Waals surface area contributed by atoms with Crippen LogP contribution in [0.4, 0.5) is 5.69 Å². The summed E-state index contributed by atoms with van der Waals surface area (Å²) in [6.07, 6.45) is 5.53. The summed E-state index contributed by atoms with van der Waals surface area (Å²) in [6.45, 7) is 0.707. The fourth-order valence-electron chi connectivity index (χ4n) is 4.51. The van der Waals surface area contributed by atoms with Gasteiger partial charge in [-0.3, -0.25) is 9.10 Å². The highest BCUT2D eigenvalue weighted by atomic mass is 32.2. The zero-order chi connectivity index (χ0) is 16.7. The molecule has 1 aliphatic heterocycles. The molecule has 1 aromatic rings. The van der Waals surface area contributed by atoms with E-state index in [1.807, 2.05) is 24.3 Å². The van der Waals surface area contributed by atoms with Crippen LogP contribution in [0.25, 0.3) is 0 Å². The number of hydrogen-bond donors (Lipinski definition) is 1. The molecule has 0 spiro atoms. The summed E-state index contributed by atoms with van der Waals surface area (Å²) in [7, 11) is -3.38. The van der Waals surface area contributed by atoms with E-state index in [2.05, 4.69) is 5.32 Å². The molecule has 3 aliphatic rings. The van der Waals surface area contributed by atoms with E-state index in [1.54, 1.807) is 0 Å². The maximum Gasteiger partial charge on any atom is 0.236 e. The lowest BCUT2D eigenvalue weighted by molar-refractivity contribution is -0.122. The molecule has 24 heavy (non-hydrogen) atoms. The molecule has 2 fully saturated rings. The first-order valence-corrected chi connectivity index (χ1v) is 10.5. The molecule has 0 bridgehead atoms. The number of fused-ring (bicyclic) bond motifs is 2. The molecule has 6 heteroatoms. The van der Waals surface area contributed by atoms with E-state index in [9.17, 15) is 13.2 Å². The lowest BCUT2D eigenvalue weighted by Gasteiger charge is -2.19. The number of hydrogen-bond acceptors (Lipinski definition) is 3. The molecule has 1 aromatic carbocycles. The second-order valence-electron chi connectivity index (χ2n) is 7.20. The van der Waals surface area contributed by atoms with Crippen LogP contribution in [0.5, 0.6) is 0 Å². The molecule has 0 aromatic heterocycles. The lowest BCUT2D eigenvalue weighted by Crippen LogP contribution is -2.37. The number of para-hydroxylation sites is 1. The van der Waals surface area contributed by atoms with Crippen molar-refractivity contribution in [1.82, 2.24) is 5.32 Å². The summed E-state index contributed by atoms with van der Waals surface area (Å²) in [5, 5.41) is 2.86. The Morgan fingerprint density at radius 2 is 1.88 bits per heavy atom. The molecule has 2 aliphatic carbocycles. The Bertz CT molecular complexity index is 734. The summed E-state index contributed by atoms with van der Waals surface area (Å²) in [5.41, 5.74) is 1.87. The number of carbonyl (C=O) groups is 1. The van der Waals surface area contributed by atoms with Gasteiger partial charge in [-0.2, -0.15) is 0 Å². The Labute approximate surface area is 143 Å². The van der Waals surface area contributed by atoms with Gasteiger partial charge in [-0.1, -0.05) is 31.0 Å². The van der Waals surface area contributed by atoms with E-state index in [4.69, 9.17) is 0 Å². The van der Waals surface area contributed by atoms with Gasteiger partial charge in [-0.05, 0) is 42.7 Å². The smallest absolute Gasteiger partial charge is 0.236 e. The lowest BCUT2D eigenvalue weighted by atomic mass is 10.0. The number of anilines is 1. The summed E-state index contributed by atoms with van der Waals surface area (Å²) in [4.78, 5) is 12.3. The largest absolute Gasteiger partial charge is 0.355 e. The van der Waals surface area contributed by atoms with Crippen molar-refractivity contribution in [2.75, 3.05) is 23.1 Å². The van der Waals surface area contributed by atoms with Gasteiger partial charge in [-0.15, -0.1) is 0 Å². The quantitative estimate of drug-likeness (QED) is 0.884. The van der Waals surface area contributed by atoms with Crippen molar-refractivity contribution in [2.45, 2.75) is 32.1 Å². The monoisotopic (exact) mass is 348 g/mol. The maximum atomic E-state index is 12.6. The number of rotatable bonds is 5. The van der Waals surface area contributed by atoms with Gasteiger partial charge in [0.25, 0.3) is 0 Å². The predicted octanol–water partition coefficient (Wildman–Crippen LogP) is 1.93. The van der Waals surface area contributed by atoms with Crippen LogP contribution in [-0.4, -0.2) is 33.2 Å². The van der Waals surface area contributed by atoms with Crippen molar-refractivity contribution in [2.24, 2.45) is 17.8 Å². The first kappa shape index (κ1) is 15.9. The molecule has 5 nitrogen and oxygen atoms in total. The standard InChI is InChI=1S/C18H24N2O3S/c21-18(17-14-6-2-3-7-15(14)17)19-10-12-24(22,23)20-11-9-13-5-1-4-8-16(13)20/h1,4-5,8,14-15,17H,2-3,6-7,9-12H2,(H,19,21). The van der Waals surface area contributed by atoms with Gasteiger partial charge < -0.3 is 5.32 Å². The molecule has 1 N–H and O–H groups in total. The third-order valence-electron chi connectivity index (χ3n) is 5.80. The van der Waals surface area contributed by atoms with E-state index < -0.39 is 10.0 Å². The minimum atomic E-state index is -3.38. The van der Waals surface area contributed by atoms with E-state index in [1.165, 1.54) is 17.1 Å². The van der Waals surface area contributed by atoms with Gasteiger partial charge in [0.1, 0.15) is 0 Å². The topological polar surface area (TPSA) is 66.5 Å². The van der Waals surface area contributed by atoms with E-state index >= 15 is 0 Å². The highest BCUT2D eigenvalue weighted by molar-refractivity contribution is 7.92. The Morgan fingerprint density at radius 1 is 1.17 bits per heavy atom. The van der Waals surface area contributed by atoms with Crippen molar-refractivity contribution in [3.63, 3.8) is 0 Å². The van der Waals surface area contributed by atoms with Gasteiger partial charge in [0.2, 0.25) is 15.9 Å². The molecule has 1 heterocycles. The van der Waals surface area contributed by atoms with Crippen LogP contribution in [0, 0.1) is 17.8 Å². The molecular weight excluding hydrogens is 324 g/mol. The number of amides is 1. The summed E-state index contributed by atoms with van der Waals surface area (Å²) in [6, 6.07) is 7.63. The fourth-order valence-corrected chi connectivity index (χ4v) is 5.94. The zero-order valence-electron chi connectivity index (χ0n) is 13.8. The summed E-state index contributed by atoms with van der Waals surface area (Å²) >= 11 is 0. The van der Waals surface area contributed by atoms with E-state index in [-0.39, 0.29) is 24.1 Å². The first-order valence-electron chi connectivity index (χ1n) is 8.94. The number of sulfonamides is 1. The average Bonchev–Trinajstić information content (AvgIpc) is 3.14. The van der Waals surface area contributed by atoms with Crippen molar-refractivity contribution < 1.29 is 13.2 Å². The predicted molar refractivity (Wildman–Crippen MR) is 93.2 cm³/mol. The number of carbonyl (C=O) groups excluding carboxylic acids is 1. The van der Waals surface area contributed by atoms with Crippen molar-refractivity contribution in [1.29, 1.82) is 0 Å². The first-order chi connectivity index (χ1) is 11.6. The maximum absolute atomic E-state index is 12.6. The average molecular weight is 348 g/mol. The van der Waals surface area contributed by atoms with Crippen LogP contribution in [0.15, 0.2) is 24.3 Å². The summed E-state index contributed by atoms with van der Waals surface area (Å²) < 4.78 is 26.7. The van der Waals surface area contributed by atoms with Crippen molar-refractivity contribution in [3.05, 3.63) is 29.8 Å². The Balaban J connectivity index is 1.32. The van der Waals surface area contributed by atoms with Gasteiger partial charge in [0.05, 0.1) is 11.4 Å². The number of nitrogens with zero attached hydrogens (tertiary/aromatic N) is 1. The SMILES string of the molecule is O=C(NCCS(=O)(=O)N1CCc2ccccc21)C1C2CCCCC21. The molecular formula is C18H24N2O3S. The molecule has 130 valence electrons. The minimum Gasteiger partial charge on any atom is -0.355 e. The van der Waals surface area contributed by atoms with Gasteiger partial charge >= 0.3 is 0 Å². The number of nitrogens with one attached hydrogen (secondary N) is 1. The van der Waals surface area contributed by atoms with Crippen LogP contribution in [-0.2, 0) is 21.2 Å². The van der Waals surface area contributed by atoms with Crippen LogP contribution < -0.4 is 9.62 Å². The van der Waals surface area contributed by atoms with Gasteiger partial charge in [0.15, 0.2) is 0 Å². The van der Waals surface area contributed by atoms with Gasteiger partial charge in [0, 0.05) is 19.0 Å². The highest BCUT2D eigenvalue weighted by Crippen LogP contribution is 2.55. The van der Waals surface area contributed by atoms with Crippen molar-refractivity contribution in [3.8, 4) is 0 Å². The highest BCUT2D eigenvalue weighted by Gasteiger charge is 2.54. The minimum absolute atomic E-state index is 0.0326. The molecule has 0 radical (unpaired) electrons. The Hall–Kier alpha value is -1.56. The number of benzene rings is 1. The van der Waals surface area contributed by atoms with E-state index in [0.717, 1.165) is 30.5 Å². The van der Waals surface area contributed by atoms with Gasteiger partial charge in [-0.25, -0.2) is 8.42 Å². The molecule has 1 amide bonds. The second kappa shape index (κ2) is 6.06. The van der Waals surface area contributed by atoms with Crippen LogP contribution in [0.3, 0.4) is 0 Å². The van der Waals surface area contributed by atoms with Crippen LogP contribution >= 0.6 is 0 Å². The van der Waals surface area contributed by atoms with E-state index in [0.29, 0.717) is 18.4 Å². The molecule has 4 rings (SSSR count). The molecule has 0 saturated heterocycles. The third-order valence-corrected chi connectivity index (χ3v) is 7.57. The second-order valence-corrected chi connectivity index (χ2v) is 9.21. The normalized spacial score (nSPS) is 28.2. The van der Waals surface area contributed by atoms with Crippen molar-refractivity contribution >= 4 is 21.6 Å². The summed E-state index contributed by atoms with van der Waals surface area (Å²) in [5.74, 6) is 1.28. The van der Waals surface area contributed by atoms with Crippen LogP contribution in [0.1, 0.15) is 31.2 Å². The molecule has 2 saturated carbocycles. The zero-order valence-corrected chi connectivity index (χ0v) is 14.6. The molecule has 2 atom stereocenters. The fraction of sp³-hybridized carbons (Fsp3) is 0.611.